The Labute approximate surface area is 130 Å². The zero-order valence-corrected chi connectivity index (χ0v) is 13.9. The minimum atomic E-state index is -0.727. The fraction of sp³-hybridized carbons (Fsp3) is 0.533. The molecule has 6 heteroatoms. The molecule has 5 nitrogen and oxygen atoms in total. The van der Waals surface area contributed by atoms with Crippen LogP contribution in [0, 0.1) is 0 Å². The molecule has 3 N–H and O–H groups in total. The van der Waals surface area contributed by atoms with Crippen LogP contribution >= 0.6 is 11.6 Å². The van der Waals surface area contributed by atoms with Crippen molar-refractivity contribution in [1.29, 1.82) is 0 Å². The summed E-state index contributed by atoms with van der Waals surface area (Å²) in [6.07, 6.45) is -0.554. The number of anilines is 1. The summed E-state index contributed by atoms with van der Waals surface area (Å²) in [5, 5.41) is 3.20. The number of rotatable bonds is 4. The molecule has 1 amide bonds. The Morgan fingerprint density at radius 1 is 1.33 bits per heavy atom. The van der Waals surface area contributed by atoms with Gasteiger partial charge < -0.3 is 15.2 Å². The van der Waals surface area contributed by atoms with Crippen LogP contribution in [0.4, 0.5) is 10.5 Å². The van der Waals surface area contributed by atoms with Crippen LogP contribution in [0.2, 0.25) is 5.02 Å². The molecule has 0 heterocycles. The number of halogens is 1. The molecule has 21 heavy (non-hydrogen) atoms. The summed E-state index contributed by atoms with van der Waals surface area (Å²) in [4.78, 5) is 11.9. The number of benzene rings is 1. The Kier molecular flexibility index (Phi) is 5.61. The highest BCUT2D eigenvalue weighted by atomic mass is 35.5. The first-order chi connectivity index (χ1) is 9.61. The molecule has 0 bridgehead atoms. The van der Waals surface area contributed by atoms with Crippen LogP contribution in [0.15, 0.2) is 18.2 Å². The van der Waals surface area contributed by atoms with E-state index < -0.39 is 17.3 Å². The van der Waals surface area contributed by atoms with Crippen LogP contribution in [0.3, 0.4) is 0 Å². The molecule has 0 aliphatic carbocycles. The lowest BCUT2D eigenvalue weighted by molar-refractivity contribution is 0.0106. The first kappa shape index (κ1) is 17.8. The number of hydrogen-bond acceptors (Lipinski definition) is 4. The maximum Gasteiger partial charge on any atom is 0.412 e. The minimum absolute atomic E-state index is 0.258. The SMILES string of the molecule is COC(C)(CN)c1ccc(Cl)cc1NC(=O)OC(C)(C)C. The van der Waals surface area contributed by atoms with E-state index in [-0.39, 0.29) is 6.54 Å². The van der Waals surface area contributed by atoms with Gasteiger partial charge in [-0.15, -0.1) is 0 Å². The fourth-order valence-electron chi connectivity index (χ4n) is 1.80. The smallest absolute Gasteiger partial charge is 0.412 e. The van der Waals surface area contributed by atoms with Crippen molar-refractivity contribution in [2.45, 2.75) is 38.9 Å². The van der Waals surface area contributed by atoms with Crippen molar-refractivity contribution in [2.24, 2.45) is 5.73 Å². The molecule has 0 saturated heterocycles. The van der Waals surface area contributed by atoms with Gasteiger partial charge in [-0.2, -0.15) is 0 Å². The van der Waals surface area contributed by atoms with Gasteiger partial charge in [-0.05, 0) is 39.8 Å². The molecule has 0 aromatic heterocycles. The predicted octanol–water partition coefficient (Wildman–Crippen LogP) is 3.51. The summed E-state index contributed by atoms with van der Waals surface area (Å²) in [6.45, 7) is 7.49. The van der Waals surface area contributed by atoms with E-state index in [0.29, 0.717) is 10.7 Å². The molecule has 0 saturated carbocycles. The number of amides is 1. The summed E-state index contributed by atoms with van der Waals surface area (Å²) in [5.41, 5.74) is 5.74. The molecular weight excluding hydrogens is 292 g/mol. The van der Waals surface area contributed by atoms with Crippen molar-refractivity contribution in [2.75, 3.05) is 19.0 Å². The fourth-order valence-corrected chi connectivity index (χ4v) is 1.97. The number of ether oxygens (including phenoxy) is 2. The zero-order valence-electron chi connectivity index (χ0n) is 13.1. The van der Waals surface area contributed by atoms with Gasteiger partial charge in [0, 0.05) is 24.2 Å². The highest BCUT2D eigenvalue weighted by molar-refractivity contribution is 6.31. The average Bonchev–Trinajstić information content (AvgIpc) is 2.35. The first-order valence-electron chi connectivity index (χ1n) is 6.66. The third kappa shape index (κ3) is 4.88. The molecule has 1 unspecified atom stereocenters. The molecule has 0 spiro atoms. The molecule has 0 fully saturated rings. The molecule has 1 aromatic carbocycles. The van der Waals surface area contributed by atoms with Gasteiger partial charge in [-0.25, -0.2) is 4.79 Å². The van der Waals surface area contributed by atoms with Crippen LogP contribution in [0.1, 0.15) is 33.3 Å². The molecule has 0 aliphatic rings. The van der Waals surface area contributed by atoms with Gasteiger partial charge in [-0.3, -0.25) is 5.32 Å². The largest absolute Gasteiger partial charge is 0.444 e. The van der Waals surface area contributed by atoms with E-state index in [1.807, 2.05) is 6.92 Å². The monoisotopic (exact) mass is 314 g/mol. The summed E-state index contributed by atoms with van der Waals surface area (Å²) in [7, 11) is 1.57. The number of nitrogens with one attached hydrogen (secondary N) is 1. The summed E-state index contributed by atoms with van der Waals surface area (Å²) in [6, 6.07) is 5.16. The van der Waals surface area contributed by atoms with Crippen molar-refractivity contribution in [3.05, 3.63) is 28.8 Å². The number of carbonyl (C=O) groups excluding carboxylic acids is 1. The maximum atomic E-state index is 11.9. The second-order valence-electron chi connectivity index (χ2n) is 5.96. The molecule has 1 aromatic rings. The summed E-state index contributed by atoms with van der Waals surface area (Å²) < 4.78 is 10.7. The lowest BCUT2D eigenvalue weighted by Crippen LogP contribution is -2.35. The molecule has 1 rings (SSSR count). The Morgan fingerprint density at radius 3 is 2.43 bits per heavy atom. The second-order valence-corrected chi connectivity index (χ2v) is 6.39. The minimum Gasteiger partial charge on any atom is -0.444 e. The van der Waals surface area contributed by atoms with E-state index in [0.717, 1.165) is 5.56 Å². The van der Waals surface area contributed by atoms with E-state index in [1.54, 1.807) is 46.1 Å². The molecule has 1 atom stereocenters. The van der Waals surface area contributed by atoms with Gasteiger partial charge in [-0.1, -0.05) is 17.7 Å². The highest BCUT2D eigenvalue weighted by Crippen LogP contribution is 2.32. The summed E-state index contributed by atoms with van der Waals surface area (Å²) in [5.74, 6) is 0. The van der Waals surface area contributed by atoms with Crippen LogP contribution in [-0.2, 0) is 15.1 Å². The lowest BCUT2D eigenvalue weighted by atomic mass is 9.94. The number of nitrogens with two attached hydrogens (primary N) is 1. The standard InChI is InChI=1S/C15H23ClN2O3/c1-14(2,3)21-13(19)18-12-8-10(16)6-7-11(12)15(4,9-17)20-5/h6-8H,9,17H2,1-5H3,(H,18,19). The van der Waals surface area contributed by atoms with E-state index in [9.17, 15) is 4.79 Å². The Bertz CT molecular complexity index is 508. The number of hydrogen-bond donors (Lipinski definition) is 2. The lowest BCUT2D eigenvalue weighted by Gasteiger charge is -2.29. The van der Waals surface area contributed by atoms with E-state index in [2.05, 4.69) is 5.32 Å². The van der Waals surface area contributed by atoms with Crippen molar-refractivity contribution in [3.63, 3.8) is 0 Å². The van der Waals surface area contributed by atoms with Crippen LogP contribution in [0.25, 0.3) is 0 Å². The third-order valence-corrected chi connectivity index (χ3v) is 3.26. The van der Waals surface area contributed by atoms with Crippen molar-refractivity contribution >= 4 is 23.4 Å². The van der Waals surface area contributed by atoms with Crippen LogP contribution < -0.4 is 11.1 Å². The topological polar surface area (TPSA) is 73.6 Å². The Hall–Kier alpha value is -1.30. The average molecular weight is 315 g/mol. The normalized spacial score (nSPS) is 14.4. The highest BCUT2D eigenvalue weighted by Gasteiger charge is 2.28. The van der Waals surface area contributed by atoms with Crippen molar-refractivity contribution < 1.29 is 14.3 Å². The Morgan fingerprint density at radius 2 is 1.95 bits per heavy atom. The van der Waals surface area contributed by atoms with Gasteiger partial charge in [0.05, 0.1) is 5.69 Å². The zero-order chi connectivity index (χ0) is 16.3. The second kappa shape index (κ2) is 6.64. The van der Waals surface area contributed by atoms with Crippen molar-refractivity contribution in [3.8, 4) is 0 Å². The first-order valence-corrected chi connectivity index (χ1v) is 7.04. The summed E-state index contributed by atoms with van der Waals surface area (Å²) >= 11 is 6.01. The maximum absolute atomic E-state index is 11.9. The predicted molar refractivity (Wildman–Crippen MR) is 84.7 cm³/mol. The van der Waals surface area contributed by atoms with Gasteiger partial charge in [0.25, 0.3) is 0 Å². The van der Waals surface area contributed by atoms with Gasteiger partial charge >= 0.3 is 6.09 Å². The van der Waals surface area contributed by atoms with Crippen LogP contribution in [0.5, 0.6) is 0 Å². The molecule has 0 aliphatic heterocycles. The van der Waals surface area contributed by atoms with E-state index in [4.69, 9.17) is 26.8 Å². The molecule has 0 radical (unpaired) electrons. The third-order valence-electron chi connectivity index (χ3n) is 3.03. The molecular formula is C15H23ClN2O3. The van der Waals surface area contributed by atoms with E-state index >= 15 is 0 Å². The molecule has 118 valence electrons. The van der Waals surface area contributed by atoms with Gasteiger partial charge in [0.2, 0.25) is 0 Å². The van der Waals surface area contributed by atoms with Gasteiger partial charge in [0.1, 0.15) is 11.2 Å². The van der Waals surface area contributed by atoms with Crippen molar-refractivity contribution in [1.82, 2.24) is 0 Å². The van der Waals surface area contributed by atoms with Crippen LogP contribution in [-0.4, -0.2) is 25.3 Å². The van der Waals surface area contributed by atoms with Gasteiger partial charge in [0.15, 0.2) is 0 Å². The Balaban J connectivity index is 3.11. The number of carbonyl (C=O) groups is 1. The number of methoxy groups -OCH3 is 1. The quantitative estimate of drug-likeness (QED) is 0.892. The van der Waals surface area contributed by atoms with E-state index in [1.165, 1.54) is 0 Å².